The summed E-state index contributed by atoms with van der Waals surface area (Å²) in [6.07, 6.45) is 1.81. The molecule has 5 heavy (non-hydrogen) atoms. The largest absolute Gasteiger partial charge is 0.122 e. The van der Waals surface area contributed by atoms with E-state index in [4.69, 9.17) is 11.6 Å². The highest BCUT2D eigenvalue weighted by Crippen LogP contribution is 1.82. The third-order valence-electron chi connectivity index (χ3n) is 0.178. The fraction of sp³-hybridized carbons (Fsp3) is 0.333. The second kappa shape index (κ2) is 4.51. The third-order valence-corrected chi connectivity index (χ3v) is 0.730. The van der Waals surface area contributed by atoms with Crippen LogP contribution >= 0.6 is 27.5 Å². The van der Waals surface area contributed by atoms with Gasteiger partial charge in [-0.3, -0.25) is 0 Å². The minimum atomic E-state index is 0.589. The van der Waals surface area contributed by atoms with Gasteiger partial charge in [-0.1, -0.05) is 22.0 Å². The first-order chi connectivity index (χ1) is 2.41. The van der Waals surface area contributed by atoms with Crippen LogP contribution < -0.4 is 0 Å². The first-order valence-electron chi connectivity index (χ1n) is 1.23. The summed E-state index contributed by atoms with van der Waals surface area (Å²) in [6.45, 7) is 0. The van der Waals surface area contributed by atoms with Gasteiger partial charge < -0.3 is 0 Å². The maximum absolute atomic E-state index is 5.18. The van der Waals surface area contributed by atoms with E-state index in [2.05, 4.69) is 15.9 Å². The lowest BCUT2D eigenvalue weighted by atomic mass is 10.8. The summed E-state index contributed by atoms with van der Waals surface area (Å²) >= 11 is 8.23. The number of hydrogen-bond donors (Lipinski definition) is 0. The molecule has 0 saturated heterocycles. The van der Waals surface area contributed by atoms with Gasteiger partial charge in [-0.25, -0.2) is 0 Å². The molecule has 0 aromatic rings. The number of hydrogen-bond acceptors (Lipinski definition) is 0. The molecule has 2 heteroatoms. The average molecular weight is 155 g/mol. The normalized spacial score (nSPS) is 10.0. The lowest BCUT2D eigenvalue weighted by Gasteiger charge is -1.61. The van der Waals surface area contributed by atoms with Crippen molar-refractivity contribution in [2.75, 3.05) is 5.88 Å². The van der Waals surface area contributed by atoms with Gasteiger partial charge in [-0.05, 0) is 4.99 Å². The number of rotatable bonds is 1. The van der Waals surface area contributed by atoms with Gasteiger partial charge in [0.25, 0.3) is 0 Å². The summed E-state index contributed by atoms with van der Waals surface area (Å²) in [5.74, 6) is 0.589. The summed E-state index contributed by atoms with van der Waals surface area (Å²) in [6, 6.07) is 0. The molecule has 0 amide bonds. The smallest absolute Gasteiger partial charge is 0.0412 e. The Morgan fingerprint density at radius 3 is 2.40 bits per heavy atom. The second-order valence-corrected chi connectivity index (χ2v) is 1.35. The van der Waals surface area contributed by atoms with E-state index in [9.17, 15) is 0 Å². The molecule has 0 nitrogen and oxygen atoms in total. The Labute approximate surface area is 45.0 Å². The maximum atomic E-state index is 5.18. The van der Waals surface area contributed by atoms with Crippen LogP contribution in [0.15, 0.2) is 11.1 Å². The molecule has 0 aliphatic heterocycles. The van der Waals surface area contributed by atoms with Crippen molar-refractivity contribution >= 4 is 27.5 Å². The van der Waals surface area contributed by atoms with E-state index < -0.39 is 0 Å². The van der Waals surface area contributed by atoms with Crippen LogP contribution in [-0.2, 0) is 0 Å². The zero-order chi connectivity index (χ0) is 4.12. The van der Waals surface area contributed by atoms with E-state index in [1.807, 2.05) is 6.08 Å². The van der Waals surface area contributed by atoms with E-state index in [-0.39, 0.29) is 0 Å². The van der Waals surface area contributed by atoms with Crippen molar-refractivity contribution in [3.05, 3.63) is 11.1 Å². The molecule has 0 heterocycles. The highest BCUT2D eigenvalue weighted by atomic mass is 79.9. The molecule has 0 N–H and O–H groups in total. The lowest BCUT2D eigenvalue weighted by Crippen LogP contribution is -1.48. The van der Waals surface area contributed by atoms with Gasteiger partial charge in [-0.15, -0.1) is 11.6 Å². The summed E-state index contributed by atoms with van der Waals surface area (Å²) in [4.78, 5) is 1.74. The Morgan fingerprint density at radius 1 is 1.80 bits per heavy atom. The van der Waals surface area contributed by atoms with E-state index in [0.29, 0.717) is 5.88 Å². The topological polar surface area (TPSA) is 0 Å². The fourth-order valence-corrected chi connectivity index (χ4v) is 0.525. The molecule has 0 bridgehead atoms. The lowest BCUT2D eigenvalue weighted by molar-refractivity contribution is 1.79. The molecule has 0 spiro atoms. The van der Waals surface area contributed by atoms with Crippen LogP contribution in [0.25, 0.3) is 0 Å². The molecule has 0 unspecified atom stereocenters. The molecule has 0 saturated carbocycles. The van der Waals surface area contributed by atoms with Gasteiger partial charge in [0.05, 0.1) is 0 Å². The minimum absolute atomic E-state index is 0.589. The van der Waals surface area contributed by atoms with Crippen molar-refractivity contribution in [1.82, 2.24) is 0 Å². The van der Waals surface area contributed by atoms with Gasteiger partial charge in [-0.2, -0.15) is 0 Å². The molecule has 0 fully saturated rings. The molecule has 0 aromatic heterocycles. The number of allylic oxidation sites excluding steroid dienone is 1. The van der Waals surface area contributed by atoms with Crippen molar-refractivity contribution in [3.8, 4) is 0 Å². The Balaban J connectivity index is 2.62. The summed E-state index contributed by atoms with van der Waals surface area (Å²) in [7, 11) is 0. The van der Waals surface area contributed by atoms with E-state index in [1.54, 1.807) is 4.99 Å². The van der Waals surface area contributed by atoms with Crippen LogP contribution in [0.2, 0.25) is 0 Å². The number of alkyl halides is 1. The highest BCUT2D eigenvalue weighted by Gasteiger charge is 1.56. The van der Waals surface area contributed by atoms with Gasteiger partial charge in [0.15, 0.2) is 0 Å². The van der Waals surface area contributed by atoms with Crippen LogP contribution in [0.1, 0.15) is 0 Å². The van der Waals surface area contributed by atoms with Crippen molar-refractivity contribution in [1.29, 1.82) is 0 Å². The van der Waals surface area contributed by atoms with Crippen molar-refractivity contribution in [2.24, 2.45) is 0 Å². The first-order valence-corrected chi connectivity index (χ1v) is 2.68. The Hall–Kier alpha value is 0.510. The van der Waals surface area contributed by atoms with Gasteiger partial charge in [0.2, 0.25) is 0 Å². The monoisotopic (exact) mass is 154 g/mol. The molecule has 0 aliphatic carbocycles. The summed E-state index contributed by atoms with van der Waals surface area (Å²) in [5, 5.41) is 0. The number of halogens is 2. The Kier molecular flexibility index (Phi) is 4.97. The molecule has 0 atom stereocenters. The molecule has 0 aromatic carbocycles. The average Bonchev–Trinajstić information content (AvgIpc) is 1.41. The predicted molar refractivity (Wildman–Crippen MR) is 28.8 cm³/mol. The van der Waals surface area contributed by atoms with Crippen LogP contribution in [0.3, 0.4) is 0 Å². The highest BCUT2D eigenvalue weighted by molar-refractivity contribution is 9.11. The zero-order valence-corrected chi connectivity index (χ0v) is 4.96. The molecule has 0 aliphatic rings. The predicted octanol–water partition coefficient (Wildman–Crippen LogP) is 2.13. The summed E-state index contributed by atoms with van der Waals surface area (Å²) < 4.78 is 0. The third kappa shape index (κ3) is 4.51. The minimum Gasteiger partial charge on any atom is -0.122 e. The zero-order valence-electron chi connectivity index (χ0n) is 2.62. The van der Waals surface area contributed by atoms with Crippen molar-refractivity contribution < 1.29 is 0 Å². The van der Waals surface area contributed by atoms with Crippen LogP contribution in [0, 0.1) is 0 Å². The van der Waals surface area contributed by atoms with E-state index >= 15 is 0 Å². The van der Waals surface area contributed by atoms with E-state index in [0.717, 1.165) is 0 Å². The molecular weight excluding hydrogens is 151 g/mol. The Morgan fingerprint density at radius 2 is 2.40 bits per heavy atom. The van der Waals surface area contributed by atoms with Crippen LogP contribution in [0.4, 0.5) is 0 Å². The molecule has 0 radical (unpaired) electrons. The summed E-state index contributed by atoms with van der Waals surface area (Å²) in [5.41, 5.74) is 0. The van der Waals surface area contributed by atoms with Crippen LogP contribution in [0.5, 0.6) is 0 Å². The van der Waals surface area contributed by atoms with Gasteiger partial charge >= 0.3 is 0 Å². The molecular formula is C3H4BrCl. The standard InChI is InChI=1S/C3H4BrCl/c4-2-1-3-5/h1-2H,3H2/b2-1-. The van der Waals surface area contributed by atoms with Crippen molar-refractivity contribution in [3.63, 3.8) is 0 Å². The Bertz CT molecular complexity index is 33.9. The van der Waals surface area contributed by atoms with Gasteiger partial charge in [0, 0.05) is 5.88 Å². The fourth-order valence-electron chi connectivity index (χ4n) is 0.0337. The SMILES string of the molecule is ClC/C=C\Br. The second-order valence-electron chi connectivity index (χ2n) is 0.516. The maximum Gasteiger partial charge on any atom is 0.0412 e. The molecule has 30 valence electrons. The quantitative estimate of drug-likeness (QED) is 0.509. The van der Waals surface area contributed by atoms with Gasteiger partial charge in [0.1, 0.15) is 0 Å². The first kappa shape index (κ1) is 5.51. The van der Waals surface area contributed by atoms with Crippen molar-refractivity contribution in [2.45, 2.75) is 0 Å². The van der Waals surface area contributed by atoms with E-state index in [1.165, 1.54) is 0 Å². The van der Waals surface area contributed by atoms with Crippen LogP contribution in [-0.4, -0.2) is 5.88 Å². The molecule has 0 rings (SSSR count).